The van der Waals surface area contributed by atoms with Crippen LogP contribution >= 0.6 is 11.3 Å². The average Bonchev–Trinajstić information content (AvgIpc) is 2.85. The molecule has 3 N–H and O–H groups in total. The summed E-state index contributed by atoms with van der Waals surface area (Å²) in [5, 5.41) is 3.79. The number of nitrogens with one attached hydrogen (secondary N) is 1. The molecule has 0 radical (unpaired) electrons. The number of aromatic nitrogens is 1. The van der Waals surface area contributed by atoms with Crippen LogP contribution in [-0.2, 0) is 6.42 Å². The highest BCUT2D eigenvalue weighted by Crippen LogP contribution is 2.33. The van der Waals surface area contributed by atoms with Gasteiger partial charge in [-0.1, -0.05) is 32.0 Å². The van der Waals surface area contributed by atoms with Gasteiger partial charge in [-0.15, -0.1) is 11.3 Å². The second-order valence-electron chi connectivity index (χ2n) is 6.37. The molecule has 0 atom stereocenters. The standard InChI is InChI=1S/C19H21N3OS/c1-11(2)10-13-8-9-14-16(20)17(24-19(14)21-13)18(23)22-15-7-5-4-6-12(15)3/h4-9,11H,10,20H2,1-3H3,(H,22,23). The van der Waals surface area contributed by atoms with Crippen LogP contribution in [0.3, 0.4) is 0 Å². The van der Waals surface area contributed by atoms with Gasteiger partial charge in [0.2, 0.25) is 0 Å². The highest BCUT2D eigenvalue weighted by molar-refractivity contribution is 7.21. The van der Waals surface area contributed by atoms with Gasteiger partial charge in [-0.05, 0) is 43.0 Å². The minimum atomic E-state index is -0.185. The maximum atomic E-state index is 12.6. The summed E-state index contributed by atoms with van der Waals surface area (Å²) in [5.74, 6) is 0.353. The topological polar surface area (TPSA) is 68.0 Å². The number of nitrogen functional groups attached to an aromatic ring is 1. The number of nitrogens with zero attached hydrogens (tertiary/aromatic N) is 1. The van der Waals surface area contributed by atoms with Gasteiger partial charge in [0, 0.05) is 16.8 Å². The Morgan fingerprint density at radius 1 is 1.25 bits per heavy atom. The van der Waals surface area contributed by atoms with Crippen molar-refractivity contribution in [3.05, 3.63) is 52.5 Å². The SMILES string of the molecule is Cc1ccccc1NC(=O)c1sc2nc(CC(C)C)ccc2c1N. The highest BCUT2D eigenvalue weighted by Gasteiger charge is 2.18. The van der Waals surface area contributed by atoms with Crippen molar-refractivity contribution >= 4 is 38.8 Å². The van der Waals surface area contributed by atoms with E-state index in [2.05, 4.69) is 24.1 Å². The lowest BCUT2D eigenvalue weighted by Gasteiger charge is -2.07. The number of thiophene rings is 1. The maximum Gasteiger partial charge on any atom is 0.267 e. The molecule has 24 heavy (non-hydrogen) atoms. The lowest BCUT2D eigenvalue weighted by molar-refractivity contribution is 0.103. The van der Waals surface area contributed by atoms with Crippen molar-refractivity contribution < 1.29 is 4.79 Å². The van der Waals surface area contributed by atoms with Gasteiger partial charge >= 0.3 is 0 Å². The van der Waals surface area contributed by atoms with Gasteiger partial charge < -0.3 is 11.1 Å². The number of pyridine rings is 1. The monoisotopic (exact) mass is 339 g/mol. The summed E-state index contributed by atoms with van der Waals surface area (Å²) in [4.78, 5) is 18.6. The van der Waals surface area contributed by atoms with Crippen molar-refractivity contribution in [3.63, 3.8) is 0 Å². The number of hydrogen-bond donors (Lipinski definition) is 2. The number of aryl methyl sites for hydroxylation is 1. The zero-order chi connectivity index (χ0) is 17.3. The first kappa shape index (κ1) is 16.5. The Labute approximate surface area is 145 Å². The molecular weight excluding hydrogens is 318 g/mol. The molecule has 124 valence electrons. The summed E-state index contributed by atoms with van der Waals surface area (Å²) in [7, 11) is 0. The lowest BCUT2D eigenvalue weighted by atomic mass is 10.1. The third kappa shape index (κ3) is 3.26. The summed E-state index contributed by atoms with van der Waals surface area (Å²) in [6, 6.07) is 11.7. The van der Waals surface area contributed by atoms with E-state index in [1.165, 1.54) is 11.3 Å². The Bertz CT molecular complexity index is 899. The molecule has 0 unspecified atom stereocenters. The first-order valence-corrected chi connectivity index (χ1v) is 8.82. The number of amides is 1. The van der Waals surface area contributed by atoms with Crippen molar-refractivity contribution in [1.29, 1.82) is 0 Å². The van der Waals surface area contributed by atoms with Crippen molar-refractivity contribution in [2.75, 3.05) is 11.1 Å². The minimum absolute atomic E-state index is 0.185. The van der Waals surface area contributed by atoms with Crippen LogP contribution in [0.5, 0.6) is 0 Å². The molecule has 4 nitrogen and oxygen atoms in total. The largest absolute Gasteiger partial charge is 0.397 e. The molecule has 0 fully saturated rings. The molecule has 2 aromatic heterocycles. The van der Waals surface area contributed by atoms with E-state index >= 15 is 0 Å². The lowest BCUT2D eigenvalue weighted by Crippen LogP contribution is -2.12. The van der Waals surface area contributed by atoms with Crippen molar-refractivity contribution in [1.82, 2.24) is 4.98 Å². The van der Waals surface area contributed by atoms with Crippen LogP contribution in [0, 0.1) is 12.8 Å². The number of benzene rings is 1. The zero-order valence-electron chi connectivity index (χ0n) is 14.1. The summed E-state index contributed by atoms with van der Waals surface area (Å²) < 4.78 is 0. The van der Waals surface area contributed by atoms with E-state index in [0.717, 1.165) is 33.6 Å². The zero-order valence-corrected chi connectivity index (χ0v) is 14.9. The molecule has 0 bridgehead atoms. The molecule has 2 heterocycles. The summed E-state index contributed by atoms with van der Waals surface area (Å²) >= 11 is 1.35. The van der Waals surface area contributed by atoms with Gasteiger partial charge in [0.15, 0.2) is 0 Å². The van der Waals surface area contributed by atoms with Crippen LogP contribution in [0.4, 0.5) is 11.4 Å². The van der Waals surface area contributed by atoms with Gasteiger partial charge in [-0.3, -0.25) is 4.79 Å². The first-order valence-electron chi connectivity index (χ1n) is 8.00. The summed E-state index contributed by atoms with van der Waals surface area (Å²) in [6.07, 6.45) is 0.915. The second-order valence-corrected chi connectivity index (χ2v) is 7.37. The number of rotatable bonds is 4. The molecule has 0 saturated heterocycles. The van der Waals surface area contributed by atoms with Crippen LogP contribution < -0.4 is 11.1 Å². The molecular formula is C19H21N3OS. The third-order valence-electron chi connectivity index (χ3n) is 3.87. The fraction of sp³-hybridized carbons (Fsp3) is 0.263. The fourth-order valence-electron chi connectivity index (χ4n) is 2.63. The average molecular weight is 339 g/mol. The Morgan fingerprint density at radius 3 is 2.71 bits per heavy atom. The Hall–Kier alpha value is -2.40. The Balaban J connectivity index is 1.93. The highest BCUT2D eigenvalue weighted by atomic mass is 32.1. The van der Waals surface area contributed by atoms with E-state index in [9.17, 15) is 4.79 Å². The van der Waals surface area contributed by atoms with Crippen molar-refractivity contribution in [2.24, 2.45) is 5.92 Å². The number of carbonyl (C=O) groups excluding carboxylic acids is 1. The van der Waals surface area contributed by atoms with Crippen LogP contribution in [0.15, 0.2) is 36.4 Å². The predicted octanol–water partition coefficient (Wildman–Crippen LogP) is 4.64. The van der Waals surface area contributed by atoms with E-state index in [0.29, 0.717) is 16.5 Å². The van der Waals surface area contributed by atoms with E-state index in [4.69, 9.17) is 5.73 Å². The number of nitrogens with two attached hydrogens (primary N) is 1. The van der Waals surface area contributed by atoms with E-state index in [-0.39, 0.29) is 5.91 Å². The number of carbonyl (C=O) groups is 1. The quantitative estimate of drug-likeness (QED) is 0.728. The van der Waals surface area contributed by atoms with E-state index in [1.54, 1.807) is 0 Å². The molecule has 0 saturated carbocycles. The smallest absolute Gasteiger partial charge is 0.267 e. The minimum Gasteiger partial charge on any atom is -0.397 e. The fourth-order valence-corrected chi connectivity index (χ4v) is 3.64. The third-order valence-corrected chi connectivity index (χ3v) is 4.98. The van der Waals surface area contributed by atoms with Gasteiger partial charge in [-0.25, -0.2) is 4.98 Å². The second kappa shape index (κ2) is 6.61. The van der Waals surface area contributed by atoms with Crippen molar-refractivity contribution in [3.8, 4) is 0 Å². The first-order chi connectivity index (χ1) is 11.5. The van der Waals surface area contributed by atoms with Gasteiger partial charge in [-0.2, -0.15) is 0 Å². The molecule has 0 spiro atoms. The van der Waals surface area contributed by atoms with E-state index in [1.807, 2.05) is 43.3 Å². The molecule has 3 rings (SSSR count). The normalized spacial score (nSPS) is 11.2. The molecule has 1 amide bonds. The molecule has 0 aliphatic carbocycles. The van der Waals surface area contributed by atoms with Crippen LogP contribution in [-0.4, -0.2) is 10.9 Å². The summed E-state index contributed by atoms with van der Waals surface area (Å²) in [6.45, 7) is 6.29. The van der Waals surface area contributed by atoms with Crippen molar-refractivity contribution in [2.45, 2.75) is 27.2 Å². The predicted molar refractivity (Wildman–Crippen MR) is 102 cm³/mol. The molecule has 1 aromatic carbocycles. The van der Waals surface area contributed by atoms with Crippen LogP contribution in [0.2, 0.25) is 0 Å². The van der Waals surface area contributed by atoms with Gasteiger partial charge in [0.1, 0.15) is 9.71 Å². The maximum absolute atomic E-state index is 12.6. The number of fused-ring (bicyclic) bond motifs is 1. The Kier molecular flexibility index (Phi) is 4.53. The number of anilines is 2. The van der Waals surface area contributed by atoms with Gasteiger partial charge in [0.05, 0.1) is 5.69 Å². The Morgan fingerprint density at radius 2 is 2.00 bits per heavy atom. The molecule has 5 heteroatoms. The summed E-state index contributed by atoms with van der Waals surface area (Å²) in [5.41, 5.74) is 9.54. The number of para-hydroxylation sites is 1. The van der Waals surface area contributed by atoms with Crippen LogP contribution in [0.1, 0.15) is 34.8 Å². The molecule has 3 aromatic rings. The molecule has 0 aliphatic rings. The van der Waals surface area contributed by atoms with Gasteiger partial charge in [0.25, 0.3) is 5.91 Å². The van der Waals surface area contributed by atoms with Crippen LogP contribution in [0.25, 0.3) is 10.2 Å². The van der Waals surface area contributed by atoms with E-state index < -0.39 is 0 Å². The molecule has 0 aliphatic heterocycles. The number of hydrogen-bond acceptors (Lipinski definition) is 4.